The first-order chi connectivity index (χ1) is 9.40. The van der Waals surface area contributed by atoms with Gasteiger partial charge in [0.15, 0.2) is 0 Å². The molecule has 1 N–H and O–H groups in total. The molecule has 2 unspecified atom stereocenters. The quantitative estimate of drug-likeness (QED) is 0.898. The molecule has 1 aromatic rings. The number of nitrogens with zero attached hydrogens (tertiary/aromatic N) is 1. The second-order valence-corrected chi connectivity index (χ2v) is 5.90. The third-order valence-electron chi connectivity index (χ3n) is 3.65. The molecule has 0 aromatic heterocycles. The number of aliphatic carboxylic acids is 1. The Kier molecular flexibility index (Phi) is 4.42. The summed E-state index contributed by atoms with van der Waals surface area (Å²) in [6.07, 6.45) is 1.19. The van der Waals surface area contributed by atoms with Crippen molar-refractivity contribution in [1.29, 1.82) is 0 Å². The maximum absolute atomic E-state index is 13.3. The number of carboxylic acid groups (broad SMARTS) is 1. The Bertz CT molecular complexity index is 549. The summed E-state index contributed by atoms with van der Waals surface area (Å²) in [5.74, 6) is -2.28. The van der Waals surface area contributed by atoms with Gasteiger partial charge in [0.25, 0.3) is 5.91 Å². The van der Waals surface area contributed by atoms with Crippen LogP contribution >= 0.6 is 15.9 Å². The number of benzene rings is 1. The molecule has 0 spiro atoms. The van der Waals surface area contributed by atoms with Crippen LogP contribution in [0.15, 0.2) is 22.7 Å². The molecule has 0 saturated carbocycles. The predicted molar refractivity (Wildman–Crippen MR) is 75.0 cm³/mol. The van der Waals surface area contributed by atoms with E-state index in [1.54, 1.807) is 0 Å². The molecule has 20 heavy (non-hydrogen) atoms. The Morgan fingerprint density at radius 3 is 2.75 bits per heavy atom. The fourth-order valence-electron chi connectivity index (χ4n) is 2.41. The topological polar surface area (TPSA) is 57.6 Å². The van der Waals surface area contributed by atoms with E-state index in [1.807, 2.05) is 6.92 Å². The Balaban J connectivity index is 2.26. The molecule has 0 bridgehead atoms. The Morgan fingerprint density at radius 1 is 1.40 bits per heavy atom. The van der Waals surface area contributed by atoms with Crippen LogP contribution in [-0.4, -0.2) is 34.5 Å². The van der Waals surface area contributed by atoms with Crippen molar-refractivity contribution in [3.63, 3.8) is 0 Å². The normalized spacial score (nSPS) is 22.6. The van der Waals surface area contributed by atoms with Crippen molar-refractivity contribution in [2.45, 2.75) is 25.8 Å². The minimum atomic E-state index is -0.895. The molecule has 1 aliphatic heterocycles. The number of hydrogen-bond donors (Lipinski definition) is 1. The Morgan fingerprint density at radius 2 is 2.10 bits per heavy atom. The van der Waals surface area contributed by atoms with Gasteiger partial charge in [0, 0.05) is 17.1 Å². The van der Waals surface area contributed by atoms with Crippen molar-refractivity contribution in [2.24, 2.45) is 5.92 Å². The lowest BCUT2D eigenvalue weighted by molar-refractivity contribution is -0.143. The van der Waals surface area contributed by atoms with Crippen molar-refractivity contribution in [1.82, 2.24) is 4.90 Å². The Labute approximate surface area is 124 Å². The average Bonchev–Trinajstić information content (AvgIpc) is 2.41. The average molecular weight is 344 g/mol. The van der Waals surface area contributed by atoms with E-state index in [1.165, 1.54) is 23.1 Å². The molecule has 108 valence electrons. The van der Waals surface area contributed by atoms with Crippen LogP contribution in [0, 0.1) is 11.7 Å². The van der Waals surface area contributed by atoms with E-state index >= 15 is 0 Å². The van der Waals surface area contributed by atoms with Crippen molar-refractivity contribution < 1.29 is 19.1 Å². The minimum absolute atomic E-state index is 0.0479. The molecule has 1 heterocycles. The highest BCUT2D eigenvalue weighted by molar-refractivity contribution is 9.10. The largest absolute Gasteiger partial charge is 0.481 e. The lowest BCUT2D eigenvalue weighted by Gasteiger charge is -2.36. The summed E-state index contributed by atoms with van der Waals surface area (Å²) >= 11 is 3.23. The van der Waals surface area contributed by atoms with E-state index in [-0.39, 0.29) is 24.1 Å². The number of amides is 1. The molecule has 1 amide bonds. The van der Waals surface area contributed by atoms with E-state index in [2.05, 4.69) is 15.9 Å². The standard InChI is InChI=1S/C14H15BrFNO3/c1-8-2-3-9(14(19)20)7-17(8)13(18)11-6-10(16)4-5-12(11)15/h4-6,8-9H,2-3,7H2,1H3,(H,19,20). The van der Waals surface area contributed by atoms with Gasteiger partial charge in [-0.1, -0.05) is 0 Å². The van der Waals surface area contributed by atoms with Gasteiger partial charge < -0.3 is 10.0 Å². The molecule has 2 rings (SSSR count). The van der Waals surface area contributed by atoms with Crippen molar-refractivity contribution >= 4 is 27.8 Å². The summed E-state index contributed by atoms with van der Waals surface area (Å²) in [6.45, 7) is 2.04. The van der Waals surface area contributed by atoms with Gasteiger partial charge in [0.2, 0.25) is 0 Å². The zero-order valence-corrected chi connectivity index (χ0v) is 12.6. The van der Waals surface area contributed by atoms with Gasteiger partial charge in [-0.3, -0.25) is 9.59 Å². The van der Waals surface area contributed by atoms with Gasteiger partial charge in [-0.2, -0.15) is 0 Å². The highest BCUT2D eigenvalue weighted by atomic mass is 79.9. The number of hydrogen-bond acceptors (Lipinski definition) is 2. The van der Waals surface area contributed by atoms with Gasteiger partial charge >= 0.3 is 5.97 Å². The summed E-state index contributed by atoms with van der Waals surface area (Å²) in [7, 11) is 0. The predicted octanol–water partition coefficient (Wildman–Crippen LogP) is 2.91. The number of carbonyl (C=O) groups excluding carboxylic acids is 1. The number of carboxylic acids is 1. The first-order valence-electron chi connectivity index (χ1n) is 6.39. The number of piperidine rings is 1. The maximum atomic E-state index is 13.3. The Hall–Kier alpha value is -1.43. The first-order valence-corrected chi connectivity index (χ1v) is 7.18. The summed E-state index contributed by atoms with van der Waals surface area (Å²) in [5.41, 5.74) is 0.225. The molecule has 1 saturated heterocycles. The van der Waals surface area contributed by atoms with E-state index in [0.717, 1.165) is 0 Å². The van der Waals surface area contributed by atoms with Crippen molar-refractivity contribution in [3.8, 4) is 0 Å². The van der Waals surface area contributed by atoms with Crippen LogP contribution in [0.1, 0.15) is 30.1 Å². The molecule has 6 heteroatoms. The van der Waals surface area contributed by atoms with Crippen LogP contribution in [0.4, 0.5) is 4.39 Å². The summed E-state index contributed by atoms with van der Waals surface area (Å²) < 4.78 is 13.8. The van der Waals surface area contributed by atoms with Crippen LogP contribution in [0.25, 0.3) is 0 Å². The molecular formula is C14H15BrFNO3. The highest BCUT2D eigenvalue weighted by Gasteiger charge is 2.33. The fraction of sp³-hybridized carbons (Fsp3) is 0.429. The van der Waals surface area contributed by atoms with Gasteiger partial charge in [-0.25, -0.2) is 4.39 Å². The molecule has 0 aliphatic carbocycles. The summed E-state index contributed by atoms with van der Waals surface area (Å²) in [6, 6.07) is 3.86. The smallest absolute Gasteiger partial charge is 0.308 e. The summed E-state index contributed by atoms with van der Waals surface area (Å²) in [4.78, 5) is 25.1. The van der Waals surface area contributed by atoms with E-state index in [9.17, 15) is 14.0 Å². The molecule has 1 aliphatic rings. The fourth-order valence-corrected chi connectivity index (χ4v) is 2.82. The zero-order chi connectivity index (χ0) is 14.9. The molecular weight excluding hydrogens is 329 g/mol. The second kappa shape index (κ2) is 5.91. The maximum Gasteiger partial charge on any atom is 0.308 e. The number of rotatable bonds is 2. The van der Waals surface area contributed by atoms with Crippen LogP contribution in [0.5, 0.6) is 0 Å². The third kappa shape index (κ3) is 3.00. The van der Waals surface area contributed by atoms with E-state index in [0.29, 0.717) is 17.3 Å². The highest BCUT2D eigenvalue weighted by Crippen LogP contribution is 2.26. The minimum Gasteiger partial charge on any atom is -0.481 e. The molecule has 1 fully saturated rings. The van der Waals surface area contributed by atoms with E-state index in [4.69, 9.17) is 5.11 Å². The number of halogens is 2. The van der Waals surface area contributed by atoms with Crippen molar-refractivity contribution in [2.75, 3.05) is 6.54 Å². The summed E-state index contributed by atoms with van der Waals surface area (Å²) in [5, 5.41) is 9.09. The van der Waals surface area contributed by atoms with Crippen LogP contribution < -0.4 is 0 Å². The van der Waals surface area contributed by atoms with Gasteiger partial charge in [0.1, 0.15) is 5.82 Å². The van der Waals surface area contributed by atoms with Crippen molar-refractivity contribution in [3.05, 3.63) is 34.1 Å². The van der Waals surface area contributed by atoms with Crippen LogP contribution in [0.3, 0.4) is 0 Å². The first kappa shape index (κ1) is 15.0. The molecule has 1 aromatic carbocycles. The zero-order valence-electron chi connectivity index (χ0n) is 11.0. The second-order valence-electron chi connectivity index (χ2n) is 5.04. The lowest BCUT2D eigenvalue weighted by Crippen LogP contribution is -2.47. The molecule has 4 nitrogen and oxygen atoms in total. The van der Waals surface area contributed by atoms with Gasteiger partial charge in [-0.05, 0) is 53.9 Å². The third-order valence-corrected chi connectivity index (χ3v) is 4.34. The monoisotopic (exact) mass is 343 g/mol. The SMILES string of the molecule is CC1CCC(C(=O)O)CN1C(=O)c1cc(F)ccc1Br. The lowest BCUT2D eigenvalue weighted by atomic mass is 9.93. The van der Waals surface area contributed by atoms with E-state index < -0.39 is 17.7 Å². The molecule has 0 radical (unpaired) electrons. The van der Waals surface area contributed by atoms with Gasteiger partial charge in [-0.15, -0.1) is 0 Å². The van der Waals surface area contributed by atoms with Crippen LogP contribution in [-0.2, 0) is 4.79 Å². The number of likely N-dealkylation sites (tertiary alicyclic amines) is 1. The van der Waals surface area contributed by atoms with Crippen LogP contribution in [0.2, 0.25) is 0 Å². The van der Waals surface area contributed by atoms with Gasteiger partial charge in [0.05, 0.1) is 11.5 Å². The number of carbonyl (C=O) groups is 2. The molecule has 2 atom stereocenters.